The standard InChI is InChI=1S/C19H23NO2/c1-2-22-19(21)14-13-18(17-11-7-4-8-12-17)20-15-16-9-5-3-6-10-16/h3-12,18,20H,2,13-15H2,1H3/t18-/m0/s1. The molecule has 0 radical (unpaired) electrons. The van der Waals surface area contributed by atoms with Gasteiger partial charge in [0.15, 0.2) is 0 Å². The minimum absolute atomic E-state index is 0.134. The summed E-state index contributed by atoms with van der Waals surface area (Å²) in [6.07, 6.45) is 1.16. The minimum Gasteiger partial charge on any atom is -0.466 e. The maximum atomic E-state index is 11.6. The van der Waals surface area contributed by atoms with Gasteiger partial charge in [-0.2, -0.15) is 0 Å². The van der Waals surface area contributed by atoms with Crippen LogP contribution in [0.5, 0.6) is 0 Å². The van der Waals surface area contributed by atoms with E-state index in [1.165, 1.54) is 11.1 Å². The molecular formula is C19H23NO2. The predicted molar refractivity (Wildman–Crippen MR) is 88.3 cm³/mol. The average Bonchev–Trinajstić information content (AvgIpc) is 2.57. The van der Waals surface area contributed by atoms with Crippen molar-refractivity contribution in [3.05, 3.63) is 71.8 Å². The number of carbonyl (C=O) groups excluding carboxylic acids is 1. The lowest BCUT2D eigenvalue weighted by molar-refractivity contribution is -0.143. The van der Waals surface area contributed by atoms with E-state index >= 15 is 0 Å². The number of nitrogens with one attached hydrogen (secondary N) is 1. The third kappa shape index (κ3) is 5.34. The molecule has 0 aliphatic rings. The van der Waals surface area contributed by atoms with Crippen LogP contribution >= 0.6 is 0 Å². The van der Waals surface area contributed by atoms with Gasteiger partial charge in [-0.05, 0) is 24.5 Å². The zero-order valence-electron chi connectivity index (χ0n) is 13.0. The summed E-state index contributed by atoms with van der Waals surface area (Å²) in [6, 6.07) is 20.7. The van der Waals surface area contributed by atoms with Crippen LogP contribution in [-0.2, 0) is 16.1 Å². The molecule has 0 saturated carbocycles. The van der Waals surface area contributed by atoms with E-state index in [2.05, 4.69) is 29.6 Å². The molecule has 0 unspecified atom stereocenters. The van der Waals surface area contributed by atoms with Crippen molar-refractivity contribution in [2.24, 2.45) is 0 Å². The van der Waals surface area contributed by atoms with E-state index in [1.54, 1.807) is 0 Å². The normalized spacial score (nSPS) is 11.9. The molecule has 2 rings (SSSR count). The van der Waals surface area contributed by atoms with Crippen molar-refractivity contribution >= 4 is 5.97 Å². The molecule has 0 bridgehead atoms. The Morgan fingerprint density at radius 2 is 1.68 bits per heavy atom. The maximum absolute atomic E-state index is 11.6. The molecule has 0 aliphatic carbocycles. The number of hydrogen-bond acceptors (Lipinski definition) is 3. The van der Waals surface area contributed by atoms with E-state index in [0.717, 1.165) is 13.0 Å². The molecule has 2 aromatic rings. The van der Waals surface area contributed by atoms with E-state index < -0.39 is 0 Å². The monoisotopic (exact) mass is 297 g/mol. The average molecular weight is 297 g/mol. The van der Waals surface area contributed by atoms with Crippen LogP contribution in [0.1, 0.15) is 36.9 Å². The van der Waals surface area contributed by atoms with E-state index in [0.29, 0.717) is 13.0 Å². The van der Waals surface area contributed by atoms with Crippen LogP contribution in [-0.4, -0.2) is 12.6 Å². The first kappa shape index (κ1) is 16.2. The van der Waals surface area contributed by atoms with Gasteiger partial charge < -0.3 is 10.1 Å². The molecule has 0 heterocycles. The molecule has 0 spiro atoms. The Bertz CT molecular complexity index is 554. The Morgan fingerprint density at radius 1 is 1.05 bits per heavy atom. The van der Waals surface area contributed by atoms with Crippen LogP contribution in [0, 0.1) is 0 Å². The largest absolute Gasteiger partial charge is 0.466 e. The highest BCUT2D eigenvalue weighted by Gasteiger charge is 2.13. The summed E-state index contributed by atoms with van der Waals surface area (Å²) in [6.45, 7) is 3.05. The van der Waals surface area contributed by atoms with Gasteiger partial charge in [-0.1, -0.05) is 60.7 Å². The highest BCUT2D eigenvalue weighted by Crippen LogP contribution is 2.19. The topological polar surface area (TPSA) is 38.3 Å². The Hall–Kier alpha value is -2.13. The van der Waals surface area contributed by atoms with E-state index in [9.17, 15) is 4.79 Å². The molecule has 3 heteroatoms. The van der Waals surface area contributed by atoms with Crippen LogP contribution in [0.2, 0.25) is 0 Å². The first-order chi connectivity index (χ1) is 10.8. The van der Waals surface area contributed by atoms with Crippen molar-refractivity contribution in [2.45, 2.75) is 32.4 Å². The molecule has 0 fully saturated rings. The summed E-state index contributed by atoms with van der Waals surface area (Å²) in [5.41, 5.74) is 2.43. The van der Waals surface area contributed by atoms with Gasteiger partial charge in [-0.3, -0.25) is 4.79 Å². The number of benzene rings is 2. The van der Waals surface area contributed by atoms with Crippen LogP contribution < -0.4 is 5.32 Å². The summed E-state index contributed by atoms with van der Waals surface area (Å²) < 4.78 is 5.02. The molecule has 0 aliphatic heterocycles. The predicted octanol–water partition coefficient (Wildman–Crippen LogP) is 3.86. The summed E-state index contributed by atoms with van der Waals surface area (Å²) in [5, 5.41) is 3.54. The summed E-state index contributed by atoms with van der Waals surface area (Å²) in [4.78, 5) is 11.6. The van der Waals surface area contributed by atoms with Gasteiger partial charge in [0.05, 0.1) is 6.61 Å². The van der Waals surface area contributed by atoms with Crippen LogP contribution in [0.15, 0.2) is 60.7 Å². The number of carbonyl (C=O) groups is 1. The molecule has 1 atom stereocenters. The van der Waals surface area contributed by atoms with E-state index in [-0.39, 0.29) is 12.0 Å². The van der Waals surface area contributed by atoms with Crippen LogP contribution in [0.3, 0.4) is 0 Å². The van der Waals surface area contributed by atoms with Gasteiger partial charge in [0.1, 0.15) is 0 Å². The first-order valence-electron chi connectivity index (χ1n) is 7.77. The van der Waals surface area contributed by atoms with Crippen molar-refractivity contribution in [1.82, 2.24) is 5.32 Å². The van der Waals surface area contributed by atoms with Gasteiger partial charge in [-0.15, -0.1) is 0 Å². The first-order valence-corrected chi connectivity index (χ1v) is 7.77. The van der Waals surface area contributed by atoms with Crippen molar-refractivity contribution in [2.75, 3.05) is 6.61 Å². The second kappa shape index (κ2) is 9.00. The smallest absolute Gasteiger partial charge is 0.305 e. The third-order valence-corrected chi connectivity index (χ3v) is 3.54. The fourth-order valence-corrected chi connectivity index (χ4v) is 2.40. The number of rotatable bonds is 8. The second-order valence-corrected chi connectivity index (χ2v) is 5.17. The van der Waals surface area contributed by atoms with Crippen LogP contribution in [0.25, 0.3) is 0 Å². The fourth-order valence-electron chi connectivity index (χ4n) is 2.40. The highest BCUT2D eigenvalue weighted by atomic mass is 16.5. The van der Waals surface area contributed by atoms with E-state index in [1.807, 2.05) is 43.3 Å². The van der Waals surface area contributed by atoms with E-state index in [4.69, 9.17) is 4.74 Å². The number of ether oxygens (including phenoxy) is 1. The number of hydrogen-bond donors (Lipinski definition) is 1. The number of esters is 1. The highest BCUT2D eigenvalue weighted by molar-refractivity contribution is 5.69. The maximum Gasteiger partial charge on any atom is 0.305 e. The van der Waals surface area contributed by atoms with Gasteiger partial charge >= 0.3 is 5.97 Å². The zero-order chi connectivity index (χ0) is 15.6. The summed E-state index contributed by atoms with van der Waals surface area (Å²) >= 11 is 0. The van der Waals surface area contributed by atoms with Crippen LogP contribution in [0.4, 0.5) is 0 Å². The Labute approximate surface area is 132 Å². The Balaban J connectivity index is 1.97. The molecule has 0 aromatic heterocycles. The lowest BCUT2D eigenvalue weighted by atomic mass is 10.0. The summed E-state index contributed by atoms with van der Waals surface area (Å²) in [7, 11) is 0. The van der Waals surface area contributed by atoms with Gasteiger partial charge in [0.25, 0.3) is 0 Å². The van der Waals surface area contributed by atoms with Crippen molar-refractivity contribution < 1.29 is 9.53 Å². The lowest BCUT2D eigenvalue weighted by Gasteiger charge is -2.19. The van der Waals surface area contributed by atoms with Crippen molar-refractivity contribution in [3.63, 3.8) is 0 Å². The van der Waals surface area contributed by atoms with Crippen molar-refractivity contribution in [3.8, 4) is 0 Å². The van der Waals surface area contributed by atoms with Gasteiger partial charge in [0.2, 0.25) is 0 Å². The van der Waals surface area contributed by atoms with Gasteiger partial charge in [-0.25, -0.2) is 0 Å². The minimum atomic E-state index is -0.134. The molecular weight excluding hydrogens is 274 g/mol. The fraction of sp³-hybridized carbons (Fsp3) is 0.316. The SMILES string of the molecule is CCOC(=O)CC[C@H](NCc1ccccc1)c1ccccc1. The molecule has 2 aromatic carbocycles. The quantitative estimate of drug-likeness (QED) is 0.752. The summed E-state index contributed by atoms with van der Waals surface area (Å²) in [5.74, 6) is -0.134. The molecule has 3 nitrogen and oxygen atoms in total. The van der Waals surface area contributed by atoms with Crippen molar-refractivity contribution in [1.29, 1.82) is 0 Å². The van der Waals surface area contributed by atoms with Gasteiger partial charge in [0, 0.05) is 19.0 Å². The Morgan fingerprint density at radius 3 is 2.32 bits per heavy atom. The second-order valence-electron chi connectivity index (χ2n) is 5.17. The zero-order valence-corrected chi connectivity index (χ0v) is 13.0. The lowest BCUT2D eigenvalue weighted by Crippen LogP contribution is -2.22. The molecule has 116 valence electrons. The third-order valence-electron chi connectivity index (χ3n) is 3.54. The molecule has 0 saturated heterocycles. The molecule has 0 amide bonds. The molecule has 1 N–H and O–H groups in total. The molecule has 22 heavy (non-hydrogen) atoms. The Kier molecular flexibility index (Phi) is 6.65.